The number of hydrogen-bond donors (Lipinski definition) is 2. The number of Topliss-reactive ketones (excluding diaryl/α,β-unsaturated/α-hetero) is 1. The fourth-order valence-corrected chi connectivity index (χ4v) is 4.32. The molecule has 26 heavy (non-hydrogen) atoms. The van der Waals surface area contributed by atoms with Gasteiger partial charge in [0.25, 0.3) is 0 Å². The van der Waals surface area contributed by atoms with Crippen molar-refractivity contribution in [2.45, 2.75) is 51.0 Å². The van der Waals surface area contributed by atoms with Gasteiger partial charge in [0.2, 0.25) is 11.7 Å². The van der Waals surface area contributed by atoms with Gasteiger partial charge in [0.05, 0.1) is 0 Å². The average molecular weight is 403 g/mol. The molecule has 0 unspecified atom stereocenters. The van der Waals surface area contributed by atoms with Crippen molar-refractivity contribution in [1.82, 2.24) is 15.6 Å². The summed E-state index contributed by atoms with van der Waals surface area (Å²) in [5.74, 6) is -0.413. The molecule has 2 aliphatic carbocycles. The number of nitrogens with zero attached hydrogens (tertiary/aromatic N) is 2. The molecular weight excluding hydrogens is 376 g/mol. The number of carbonyl (C=O) groups excluding carboxylic acids is 3. The number of halogens is 1. The minimum atomic E-state index is -0.741. The molecule has 0 bridgehead atoms. The van der Waals surface area contributed by atoms with Gasteiger partial charge in [-0.3, -0.25) is 14.4 Å². The normalized spacial score (nSPS) is 23.3. The number of carbonyl (C=O) groups is 3. The Morgan fingerprint density at radius 2 is 1.85 bits per heavy atom. The monoisotopic (exact) mass is 402 g/mol. The lowest BCUT2D eigenvalue weighted by molar-refractivity contribution is -0.141. The lowest BCUT2D eigenvalue weighted by atomic mass is 9.88. The summed E-state index contributed by atoms with van der Waals surface area (Å²) in [5.41, 5.74) is 2.36. The summed E-state index contributed by atoms with van der Waals surface area (Å²) in [6.45, 7) is 0.870. The third kappa shape index (κ3) is 5.36. The number of rotatable bonds is 6. The van der Waals surface area contributed by atoms with Crippen LogP contribution < -0.4 is 10.7 Å². The van der Waals surface area contributed by atoms with E-state index in [9.17, 15) is 14.4 Å². The van der Waals surface area contributed by atoms with Gasteiger partial charge in [0.15, 0.2) is 5.17 Å². The molecule has 1 heterocycles. The largest absolute Gasteiger partial charge is 0.352 e. The van der Waals surface area contributed by atoms with Crippen molar-refractivity contribution in [3.05, 3.63) is 0 Å². The quantitative estimate of drug-likeness (QED) is 0.519. The summed E-state index contributed by atoms with van der Waals surface area (Å²) in [5, 5.41) is 7.59. The second kappa shape index (κ2) is 9.60. The highest BCUT2D eigenvalue weighted by atomic mass is 35.5. The van der Waals surface area contributed by atoms with E-state index in [0.717, 1.165) is 50.8 Å². The number of amides is 2. The minimum Gasteiger partial charge on any atom is -0.352 e. The smallest absolute Gasteiger partial charge is 0.309 e. The van der Waals surface area contributed by atoms with E-state index in [1.807, 2.05) is 11.9 Å². The molecule has 0 spiro atoms. The Bertz CT molecular complexity index is 576. The van der Waals surface area contributed by atoms with Gasteiger partial charge < -0.3 is 10.2 Å². The van der Waals surface area contributed by atoms with E-state index < -0.39 is 17.7 Å². The maximum absolute atomic E-state index is 12.5. The summed E-state index contributed by atoms with van der Waals surface area (Å²) in [4.78, 5) is 39.1. The predicted molar refractivity (Wildman–Crippen MR) is 104 cm³/mol. The molecular formula is C17H27ClN4O3S. The fourth-order valence-electron chi connectivity index (χ4n) is 3.36. The van der Waals surface area contributed by atoms with Crippen molar-refractivity contribution in [2.75, 3.05) is 19.3 Å². The zero-order valence-electron chi connectivity index (χ0n) is 15.0. The van der Waals surface area contributed by atoms with Gasteiger partial charge in [-0.25, -0.2) is 5.43 Å². The molecule has 146 valence electrons. The van der Waals surface area contributed by atoms with Crippen molar-refractivity contribution in [1.29, 1.82) is 0 Å². The zero-order valence-corrected chi connectivity index (χ0v) is 16.7. The second-order valence-electron chi connectivity index (χ2n) is 7.13. The molecule has 0 aromatic heterocycles. The van der Waals surface area contributed by atoms with Crippen molar-refractivity contribution in [3.8, 4) is 0 Å². The summed E-state index contributed by atoms with van der Waals surface area (Å²) < 4.78 is 0. The maximum Gasteiger partial charge on any atom is 0.309 e. The van der Waals surface area contributed by atoms with E-state index in [0.29, 0.717) is 5.17 Å². The number of thioether (sulfide) groups is 1. The standard InChI is InChI=1S/C17H26N4O3S.ClH/c1-21-9-10-25-17(21)20-19-16(24)14(22)13(11-7-8-11)18-15(23)12-5-3-2-4-6-12;/h11-13H,2-10H2,1H3,(H,18,23)(H,19,24);1H/t13-;/m1./s1. The molecule has 0 aromatic rings. The van der Waals surface area contributed by atoms with Crippen molar-refractivity contribution >= 4 is 46.9 Å². The van der Waals surface area contributed by atoms with Crippen LogP contribution in [0.15, 0.2) is 5.10 Å². The third-order valence-corrected chi connectivity index (χ3v) is 6.16. The molecule has 9 heteroatoms. The topological polar surface area (TPSA) is 90.9 Å². The van der Waals surface area contributed by atoms with Crippen LogP contribution in [0.1, 0.15) is 44.9 Å². The van der Waals surface area contributed by atoms with Crippen LogP contribution >= 0.6 is 24.2 Å². The lowest BCUT2D eigenvalue weighted by Crippen LogP contribution is -2.50. The van der Waals surface area contributed by atoms with E-state index in [1.165, 1.54) is 6.42 Å². The molecule has 2 amide bonds. The molecule has 3 rings (SSSR count). The molecule has 1 saturated heterocycles. The highest BCUT2D eigenvalue weighted by molar-refractivity contribution is 8.14. The number of ketones is 1. The Morgan fingerprint density at radius 3 is 2.42 bits per heavy atom. The first-order valence-corrected chi connectivity index (χ1v) is 10.1. The Kier molecular flexibility index (Phi) is 7.76. The number of hydrogen-bond acceptors (Lipinski definition) is 5. The molecule has 2 saturated carbocycles. The maximum atomic E-state index is 12.5. The van der Waals surface area contributed by atoms with E-state index >= 15 is 0 Å². The number of nitrogens with one attached hydrogen (secondary N) is 2. The minimum absolute atomic E-state index is 0. The summed E-state index contributed by atoms with van der Waals surface area (Å²) in [6, 6.07) is -0.705. The Balaban J connectivity index is 0.00000243. The van der Waals surface area contributed by atoms with Gasteiger partial charge in [0.1, 0.15) is 6.04 Å². The molecule has 0 radical (unpaired) electrons. The van der Waals surface area contributed by atoms with Crippen molar-refractivity contribution in [2.24, 2.45) is 16.9 Å². The highest BCUT2D eigenvalue weighted by Gasteiger charge is 2.41. The zero-order chi connectivity index (χ0) is 17.8. The third-order valence-electron chi connectivity index (χ3n) is 5.11. The SMILES string of the molecule is CN1CCSC1=NNC(=O)C(=O)[C@H](NC(=O)C1CCCCC1)C1CC1.Cl. The van der Waals surface area contributed by atoms with Crippen LogP contribution in [0.3, 0.4) is 0 Å². The summed E-state index contributed by atoms with van der Waals surface area (Å²) in [6.07, 6.45) is 6.79. The molecule has 7 nitrogen and oxygen atoms in total. The van der Waals surface area contributed by atoms with Crippen molar-refractivity contribution < 1.29 is 14.4 Å². The van der Waals surface area contributed by atoms with Crippen LogP contribution in [-0.4, -0.2) is 53.1 Å². The van der Waals surface area contributed by atoms with Crippen LogP contribution in [0.5, 0.6) is 0 Å². The van der Waals surface area contributed by atoms with Crippen LogP contribution in [0, 0.1) is 11.8 Å². The first-order chi connectivity index (χ1) is 12.1. The summed E-state index contributed by atoms with van der Waals surface area (Å²) in [7, 11) is 1.89. The van der Waals surface area contributed by atoms with Gasteiger partial charge in [-0.1, -0.05) is 31.0 Å². The number of amidine groups is 1. The first-order valence-electron chi connectivity index (χ1n) is 9.12. The number of hydrazone groups is 1. The van der Waals surface area contributed by atoms with E-state index in [2.05, 4.69) is 15.8 Å². The fraction of sp³-hybridized carbons (Fsp3) is 0.765. The Morgan fingerprint density at radius 1 is 1.15 bits per heavy atom. The Hall–Kier alpha value is -1.28. The van der Waals surface area contributed by atoms with Crippen LogP contribution in [0.25, 0.3) is 0 Å². The molecule has 2 N–H and O–H groups in total. The van der Waals surface area contributed by atoms with E-state index in [4.69, 9.17) is 0 Å². The van der Waals surface area contributed by atoms with Gasteiger partial charge >= 0.3 is 5.91 Å². The highest BCUT2D eigenvalue weighted by Crippen LogP contribution is 2.34. The molecule has 3 aliphatic rings. The van der Waals surface area contributed by atoms with Gasteiger partial charge in [-0.15, -0.1) is 17.5 Å². The molecule has 0 aromatic carbocycles. The van der Waals surface area contributed by atoms with Gasteiger partial charge in [-0.2, -0.15) is 0 Å². The van der Waals surface area contributed by atoms with Crippen LogP contribution in [0.4, 0.5) is 0 Å². The van der Waals surface area contributed by atoms with Crippen LogP contribution in [0.2, 0.25) is 0 Å². The molecule has 3 fully saturated rings. The van der Waals surface area contributed by atoms with E-state index in [-0.39, 0.29) is 30.2 Å². The predicted octanol–water partition coefficient (Wildman–Crippen LogP) is 1.52. The Labute approximate surface area is 164 Å². The summed E-state index contributed by atoms with van der Waals surface area (Å²) >= 11 is 1.54. The van der Waals surface area contributed by atoms with E-state index in [1.54, 1.807) is 11.8 Å². The second-order valence-corrected chi connectivity index (χ2v) is 8.19. The van der Waals surface area contributed by atoms with Gasteiger partial charge in [-0.05, 0) is 31.6 Å². The molecule has 1 atom stereocenters. The van der Waals surface area contributed by atoms with Gasteiger partial charge in [0, 0.05) is 25.3 Å². The molecule has 1 aliphatic heterocycles. The lowest BCUT2D eigenvalue weighted by Gasteiger charge is -2.24. The van der Waals surface area contributed by atoms with Crippen molar-refractivity contribution in [3.63, 3.8) is 0 Å². The first kappa shape index (κ1) is 21.0. The van der Waals surface area contributed by atoms with Crippen LogP contribution in [-0.2, 0) is 14.4 Å². The average Bonchev–Trinajstić information content (AvgIpc) is 3.39.